The molecule has 1 amide bonds. The van der Waals surface area contributed by atoms with Gasteiger partial charge >= 0.3 is 10.1 Å². The van der Waals surface area contributed by atoms with E-state index in [2.05, 4.69) is 0 Å². The molecule has 0 fully saturated rings. The van der Waals surface area contributed by atoms with Gasteiger partial charge in [-0.3, -0.25) is 4.79 Å². The Morgan fingerprint density at radius 3 is 2.37 bits per heavy atom. The van der Waals surface area contributed by atoms with Crippen molar-refractivity contribution in [3.8, 4) is 11.5 Å². The summed E-state index contributed by atoms with van der Waals surface area (Å²) in [5, 5.41) is 0.274. The summed E-state index contributed by atoms with van der Waals surface area (Å²) in [6, 6.07) is 14.0. The summed E-state index contributed by atoms with van der Waals surface area (Å²) >= 11 is 11.8. The molecule has 6 nitrogen and oxygen atoms in total. The minimum absolute atomic E-state index is 0.0567. The number of amides is 1. The van der Waals surface area contributed by atoms with Gasteiger partial charge in [-0.25, -0.2) is 4.39 Å². The Morgan fingerprint density at radius 2 is 1.74 bits per heavy atom. The third-order valence-electron chi connectivity index (χ3n) is 4.93. The lowest BCUT2D eigenvalue weighted by molar-refractivity contribution is 0.0722. The molecule has 0 aromatic heterocycles. The number of nitrogens with zero attached hydrogens (tertiary/aromatic N) is 1. The molecule has 10 heteroatoms. The molecule has 0 atom stereocenters. The van der Waals surface area contributed by atoms with Crippen molar-refractivity contribution in [1.29, 1.82) is 0 Å². The molecule has 3 aromatic rings. The molecular weight excluding hydrogens is 516 g/mol. The van der Waals surface area contributed by atoms with E-state index in [1.165, 1.54) is 49.6 Å². The van der Waals surface area contributed by atoms with Crippen LogP contribution in [0.1, 0.15) is 29.8 Å². The van der Waals surface area contributed by atoms with E-state index in [1.54, 1.807) is 23.1 Å². The average molecular weight is 540 g/mol. The molecule has 3 rings (SSSR count). The molecule has 3 aromatic carbocycles. The van der Waals surface area contributed by atoms with Crippen LogP contribution < -0.4 is 8.92 Å². The largest absolute Gasteiger partial charge is 0.493 e. The van der Waals surface area contributed by atoms with Gasteiger partial charge in [0.05, 0.1) is 17.2 Å². The van der Waals surface area contributed by atoms with E-state index in [-0.39, 0.29) is 50.4 Å². The first-order valence-corrected chi connectivity index (χ1v) is 12.8. The van der Waals surface area contributed by atoms with Crippen LogP contribution in [0.4, 0.5) is 4.39 Å². The zero-order valence-corrected chi connectivity index (χ0v) is 21.6. The number of ether oxygens (including phenoxy) is 1. The Morgan fingerprint density at radius 1 is 1.00 bits per heavy atom. The van der Waals surface area contributed by atoms with Gasteiger partial charge in [-0.1, -0.05) is 49.2 Å². The summed E-state index contributed by atoms with van der Waals surface area (Å²) < 4.78 is 50.0. The Labute approximate surface area is 214 Å². The summed E-state index contributed by atoms with van der Waals surface area (Å²) in [4.78, 5) is 14.5. The molecule has 0 radical (unpaired) electrons. The van der Waals surface area contributed by atoms with Crippen molar-refractivity contribution >= 4 is 39.2 Å². The van der Waals surface area contributed by atoms with Crippen molar-refractivity contribution in [3.05, 3.63) is 87.7 Å². The van der Waals surface area contributed by atoms with Gasteiger partial charge in [0.2, 0.25) is 0 Å². The normalized spacial score (nSPS) is 11.4. The van der Waals surface area contributed by atoms with Gasteiger partial charge in [0.15, 0.2) is 11.5 Å². The van der Waals surface area contributed by atoms with Crippen molar-refractivity contribution in [3.63, 3.8) is 0 Å². The molecule has 0 unspecified atom stereocenters. The minimum atomic E-state index is -4.26. The van der Waals surface area contributed by atoms with Crippen molar-refractivity contribution in [2.24, 2.45) is 5.92 Å². The van der Waals surface area contributed by atoms with Gasteiger partial charge in [-0.05, 0) is 60.0 Å². The lowest BCUT2D eigenvalue weighted by Crippen LogP contribution is -2.33. The first-order chi connectivity index (χ1) is 16.5. The smallest absolute Gasteiger partial charge is 0.339 e. The highest BCUT2D eigenvalue weighted by atomic mass is 35.5. The van der Waals surface area contributed by atoms with Gasteiger partial charge in [-0.15, -0.1) is 0 Å². The number of halogens is 3. The standard InChI is InChI=1S/C25H24Cl2FNO5S/c1-16(2)14-29(25(30)18-5-4-6-19(28)12-18)15-17-7-10-23(33-3)24(11-17)34-35(31,32)20-8-9-21(26)22(27)13-20/h4-13,16H,14-15H2,1-3H3. The van der Waals surface area contributed by atoms with E-state index in [0.29, 0.717) is 12.1 Å². The van der Waals surface area contributed by atoms with Gasteiger partial charge in [0, 0.05) is 18.7 Å². The fraction of sp³-hybridized carbons (Fsp3) is 0.240. The summed E-state index contributed by atoms with van der Waals surface area (Å²) in [5.41, 5.74) is 0.813. The SMILES string of the molecule is COc1ccc(CN(CC(C)C)C(=O)c2cccc(F)c2)cc1OS(=O)(=O)c1ccc(Cl)c(Cl)c1. The number of carbonyl (C=O) groups excluding carboxylic acids is 1. The predicted molar refractivity (Wildman–Crippen MR) is 133 cm³/mol. The third-order valence-corrected chi connectivity index (χ3v) is 6.89. The molecule has 0 spiro atoms. The molecule has 0 bridgehead atoms. The number of hydrogen-bond donors (Lipinski definition) is 0. The molecule has 0 saturated heterocycles. The lowest BCUT2D eigenvalue weighted by Gasteiger charge is -2.25. The maximum absolute atomic E-state index is 13.7. The van der Waals surface area contributed by atoms with Gasteiger partial charge < -0.3 is 13.8 Å². The third kappa shape index (κ3) is 6.87. The lowest BCUT2D eigenvalue weighted by atomic mass is 10.1. The first kappa shape index (κ1) is 26.8. The van der Waals surface area contributed by atoms with E-state index in [9.17, 15) is 17.6 Å². The van der Waals surface area contributed by atoms with Crippen LogP contribution in [0.15, 0.2) is 65.6 Å². The van der Waals surface area contributed by atoms with Crippen LogP contribution in [0.2, 0.25) is 10.0 Å². The molecule has 35 heavy (non-hydrogen) atoms. The Balaban J connectivity index is 1.92. The second kappa shape index (κ2) is 11.3. The molecular formula is C25H24Cl2FNO5S. The van der Waals surface area contributed by atoms with E-state index < -0.39 is 15.9 Å². The maximum atomic E-state index is 13.7. The first-order valence-electron chi connectivity index (χ1n) is 10.6. The molecule has 0 aliphatic carbocycles. The molecule has 0 aliphatic heterocycles. The molecule has 0 aliphatic rings. The van der Waals surface area contributed by atoms with E-state index in [0.717, 1.165) is 0 Å². The highest BCUT2D eigenvalue weighted by Crippen LogP contribution is 2.33. The number of benzene rings is 3. The van der Waals surface area contributed by atoms with E-state index in [1.807, 2.05) is 13.8 Å². The van der Waals surface area contributed by atoms with Crippen molar-refractivity contribution in [2.75, 3.05) is 13.7 Å². The number of rotatable bonds is 9. The second-order valence-corrected chi connectivity index (χ2v) is 10.5. The maximum Gasteiger partial charge on any atom is 0.339 e. The van der Waals surface area contributed by atoms with E-state index in [4.69, 9.17) is 32.1 Å². The fourth-order valence-corrected chi connectivity index (χ4v) is 4.69. The number of carbonyl (C=O) groups is 1. The Kier molecular flexibility index (Phi) is 8.64. The topological polar surface area (TPSA) is 72.9 Å². The number of methoxy groups -OCH3 is 1. The molecule has 0 saturated carbocycles. The predicted octanol–water partition coefficient (Wildman–Crippen LogP) is 6.21. The monoisotopic (exact) mass is 539 g/mol. The minimum Gasteiger partial charge on any atom is -0.493 e. The van der Waals surface area contributed by atoms with Crippen LogP contribution >= 0.6 is 23.2 Å². The van der Waals surface area contributed by atoms with Crippen molar-refractivity contribution < 1.29 is 26.5 Å². The highest BCUT2D eigenvalue weighted by molar-refractivity contribution is 7.87. The van der Waals surface area contributed by atoms with Crippen LogP contribution in [-0.4, -0.2) is 32.9 Å². The summed E-state index contributed by atoms with van der Waals surface area (Å²) in [6.45, 7) is 4.45. The van der Waals surface area contributed by atoms with Gasteiger partial charge in [-0.2, -0.15) is 8.42 Å². The molecule has 186 valence electrons. The Hall–Kier alpha value is -2.81. The number of hydrogen-bond acceptors (Lipinski definition) is 5. The summed E-state index contributed by atoms with van der Waals surface area (Å²) in [6.07, 6.45) is 0. The zero-order valence-electron chi connectivity index (χ0n) is 19.3. The highest BCUT2D eigenvalue weighted by Gasteiger charge is 2.22. The van der Waals surface area contributed by atoms with Crippen molar-refractivity contribution in [2.45, 2.75) is 25.3 Å². The van der Waals surface area contributed by atoms with Crippen LogP contribution in [0, 0.1) is 11.7 Å². The second-order valence-electron chi connectivity index (χ2n) is 8.19. The van der Waals surface area contributed by atoms with Gasteiger partial charge in [0.1, 0.15) is 10.7 Å². The molecule has 0 N–H and O–H groups in total. The van der Waals surface area contributed by atoms with Gasteiger partial charge in [0.25, 0.3) is 5.91 Å². The van der Waals surface area contributed by atoms with Crippen LogP contribution in [0.5, 0.6) is 11.5 Å². The quantitative estimate of drug-likeness (QED) is 0.302. The Bertz CT molecular complexity index is 1330. The fourth-order valence-electron chi connectivity index (χ4n) is 3.37. The summed E-state index contributed by atoms with van der Waals surface area (Å²) in [5.74, 6) is -0.590. The van der Waals surface area contributed by atoms with Crippen LogP contribution in [-0.2, 0) is 16.7 Å². The van der Waals surface area contributed by atoms with Crippen LogP contribution in [0.3, 0.4) is 0 Å². The van der Waals surface area contributed by atoms with Crippen LogP contribution in [0.25, 0.3) is 0 Å². The molecule has 0 heterocycles. The van der Waals surface area contributed by atoms with E-state index >= 15 is 0 Å². The average Bonchev–Trinajstić information content (AvgIpc) is 2.79. The zero-order chi connectivity index (χ0) is 25.8. The van der Waals surface area contributed by atoms with Crippen molar-refractivity contribution in [1.82, 2.24) is 4.90 Å². The summed E-state index contributed by atoms with van der Waals surface area (Å²) in [7, 11) is -2.88.